The molecule has 0 saturated carbocycles. The number of H-pyrrole nitrogens is 1. The predicted molar refractivity (Wildman–Crippen MR) is 78.2 cm³/mol. The Kier molecular flexibility index (Phi) is 3.16. The van der Waals surface area contributed by atoms with Crippen molar-refractivity contribution in [1.29, 1.82) is 0 Å². The Morgan fingerprint density at radius 1 is 1.15 bits per heavy atom. The topological polar surface area (TPSA) is 54.9 Å². The van der Waals surface area contributed by atoms with Crippen LogP contribution in [0.5, 0.6) is 0 Å². The average Bonchev–Trinajstić information content (AvgIpc) is 2.77. The molecule has 0 amide bonds. The minimum Gasteiger partial charge on any atom is -0.305 e. The molecule has 20 heavy (non-hydrogen) atoms. The smallest absolute Gasteiger partial charge is 0.305 e. The molecule has 4 nitrogen and oxygen atoms in total. The first-order valence-corrected chi connectivity index (χ1v) is 6.48. The van der Waals surface area contributed by atoms with Gasteiger partial charge in [-0.15, -0.1) is 0 Å². The number of imidazole rings is 1. The van der Waals surface area contributed by atoms with Crippen LogP contribution in [0.25, 0.3) is 11.0 Å². The minimum atomic E-state index is -0.654. The van der Waals surface area contributed by atoms with Crippen LogP contribution in [0.3, 0.4) is 0 Å². The summed E-state index contributed by atoms with van der Waals surface area (Å²) in [6.45, 7) is 0. The molecular weight excluding hydrogens is 276 g/mol. The van der Waals surface area contributed by atoms with Gasteiger partial charge in [-0.2, -0.15) is 0 Å². The third-order valence-corrected chi connectivity index (χ3v) is 3.46. The van der Waals surface area contributed by atoms with E-state index in [2.05, 4.69) is 4.98 Å². The Bertz CT molecular complexity index is 821. The number of hydrogen-bond acceptors (Lipinski definition) is 2. The van der Waals surface area contributed by atoms with Crippen molar-refractivity contribution >= 4 is 28.9 Å². The van der Waals surface area contributed by atoms with Crippen LogP contribution in [0.2, 0.25) is 5.02 Å². The van der Waals surface area contributed by atoms with Crippen molar-refractivity contribution in [3.63, 3.8) is 0 Å². The molecule has 5 heteroatoms. The Balaban J connectivity index is 2.25. The maximum atomic E-state index is 12.1. The van der Waals surface area contributed by atoms with Crippen molar-refractivity contribution in [3.05, 3.63) is 69.6 Å². The van der Waals surface area contributed by atoms with Gasteiger partial charge in [0.2, 0.25) is 0 Å². The standard InChI is InChI=1S/C15H11ClN2O2/c16-11-6-7-13-12(8-11)17-15(20)18(13)14(9-19)10-4-2-1-3-5-10/h1-9,14H,(H,17,20). The highest BCUT2D eigenvalue weighted by Gasteiger charge is 2.18. The molecule has 100 valence electrons. The molecule has 0 aliphatic carbocycles. The van der Waals surface area contributed by atoms with Crippen molar-refractivity contribution in [1.82, 2.24) is 9.55 Å². The number of aromatic nitrogens is 2. The molecule has 3 aromatic rings. The first kappa shape index (κ1) is 12.7. The summed E-state index contributed by atoms with van der Waals surface area (Å²) in [5, 5.41) is 0.535. The molecule has 1 aromatic heterocycles. The van der Waals surface area contributed by atoms with E-state index in [1.54, 1.807) is 18.2 Å². The number of nitrogens with zero attached hydrogens (tertiary/aromatic N) is 1. The average molecular weight is 287 g/mol. The summed E-state index contributed by atoms with van der Waals surface area (Å²) in [6.07, 6.45) is 0.763. The summed E-state index contributed by atoms with van der Waals surface area (Å²) in [5.41, 5.74) is 1.70. The van der Waals surface area contributed by atoms with Gasteiger partial charge >= 0.3 is 5.69 Å². The lowest BCUT2D eigenvalue weighted by Crippen LogP contribution is -2.24. The van der Waals surface area contributed by atoms with Crippen molar-refractivity contribution in [2.24, 2.45) is 0 Å². The van der Waals surface area contributed by atoms with E-state index in [-0.39, 0.29) is 5.69 Å². The Morgan fingerprint density at radius 3 is 2.60 bits per heavy atom. The lowest BCUT2D eigenvalue weighted by Gasteiger charge is -2.12. The van der Waals surface area contributed by atoms with E-state index in [4.69, 9.17) is 11.6 Å². The van der Waals surface area contributed by atoms with E-state index in [1.165, 1.54) is 4.57 Å². The van der Waals surface area contributed by atoms with Crippen LogP contribution in [0.1, 0.15) is 11.6 Å². The van der Waals surface area contributed by atoms with E-state index in [9.17, 15) is 9.59 Å². The molecule has 0 radical (unpaired) electrons. The molecule has 0 spiro atoms. The monoisotopic (exact) mass is 286 g/mol. The third kappa shape index (κ3) is 2.04. The van der Waals surface area contributed by atoms with E-state index in [0.717, 1.165) is 11.8 Å². The molecule has 3 rings (SSSR count). The van der Waals surface area contributed by atoms with Crippen LogP contribution in [0.4, 0.5) is 0 Å². The number of carbonyl (C=O) groups is 1. The summed E-state index contributed by atoms with van der Waals surface area (Å²) < 4.78 is 1.44. The molecular formula is C15H11ClN2O2. The van der Waals surface area contributed by atoms with Crippen LogP contribution < -0.4 is 5.69 Å². The number of benzene rings is 2. The number of halogens is 1. The fraction of sp³-hybridized carbons (Fsp3) is 0.0667. The highest BCUT2D eigenvalue weighted by molar-refractivity contribution is 6.31. The molecule has 0 aliphatic heterocycles. The van der Waals surface area contributed by atoms with Crippen LogP contribution in [0.15, 0.2) is 53.3 Å². The van der Waals surface area contributed by atoms with Crippen molar-refractivity contribution in [2.45, 2.75) is 6.04 Å². The fourth-order valence-electron chi connectivity index (χ4n) is 2.32. The summed E-state index contributed by atoms with van der Waals surface area (Å²) in [5.74, 6) is 0. The first-order valence-electron chi connectivity index (χ1n) is 6.10. The third-order valence-electron chi connectivity index (χ3n) is 3.23. The molecule has 0 saturated heterocycles. The molecule has 0 fully saturated rings. The van der Waals surface area contributed by atoms with E-state index in [0.29, 0.717) is 16.1 Å². The van der Waals surface area contributed by atoms with E-state index >= 15 is 0 Å². The van der Waals surface area contributed by atoms with Gasteiger partial charge in [-0.25, -0.2) is 4.79 Å². The maximum Gasteiger partial charge on any atom is 0.327 e. The highest BCUT2D eigenvalue weighted by atomic mass is 35.5. The van der Waals surface area contributed by atoms with Crippen molar-refractivity contribution < 1.29 is 4.79 Å². The van der Waals surface area contributed by atoms with Gasteiger partial charge < -0.3 is 9.78 Å². The summed E-state index contributed by atoms with van der Waals surface area (Å²) in [6, 6.07) is 13.6. The molecule has 0 aliphatic rings. The van der Waals surface area contributed by atoms with Crippen LogP contribution in [-0.4, -0.2) is 15.8 Å². The molecule has 1 N–H and O–H groups in total. The van der Waals surface area contributed by atoms with E-state index < -0.39 is 6.04 Å². The second kappa shape index (κ2) is 4.98. The molecule has 1 heterocycles. The quantitative estimate of drug-likeness (QED) is 0.753. The van der Waals surface area contributed by atoms with Crippen molar-refractivity contribution in [2.75, 3.05) is 0 Å². The number of rotatable bonds is 3. The largest absolute Gasteiger partial charge is 0.327 e. The zero-order valence-corrected chi connectivity index (χ0v) is 11.2. The second-order valence-electron chi connectivity index (χ2n) is 4.45. The molecule has 0 bridgehead atoms. The summed E-state index contributed by atoms with van der Waals surface area (Å²) in [4.78, 5) is 26.3. The van der Waals surface area contributed by atoms with Gasteiger partial charge in [0.05, 0.1) is 11.0 Å². The van der Waals surface area contributed by atoms with E-state index in [1.807, 2.05) is 30.3 Å². The van der Waals surface area contributed by atoms with Gasteiger partial charge in [0, 0.05) is 5.02 Å². The van der Waals surface area contributed by atoms with Gasteiger partial charge in [0.25, 0.3) is 0 Å². The van der Waals surface area contributed by atoms with Gasteiger partial charge in [0.1, 0.15) is 12.3 Å². The number of aromatic amines is 1. The minimum absolute atomic E-state index is 0.330. The number of carbonyl (C=O) groups excluding carboxylic acids is 1. The Hall–Kier alpha value is -2.33. The number of fused-ring (bicyclic) bond motifs is 1. The van der Waals surface area contributed by atoms with Crippen LogP contribution in [-0.2, 0) is 4.79 Å². The SMILES string of the molecule is O=CC(c1ccccc1)n1c(=O)[nH]c2cc(Cl)ccc21. The number of nitrogens with one attached hydrogen (secondary N) is 1. The lowest BCUT2D eigenvalue weighted by atomic mass is 10.1. The van der Waals surface area contributed by atoms with Gasteiger partial charge in [0.15, 0.2) is 0 Å². The molecule has 2 aromatic carbocycles. The fourth-order valence-corrected chi connectivity index (χ4v) is 2.49. The predicted octanol–water partition coefficient (Wildman–Crippen LogP) is 2.77. The van der Waals surface area contributed by atoms with Gasteiger partial charge in [-0.3, -0.25) is 4.57 Å². The second-order valence-corrected chi connectivity index (χ2v) is 4.89. The highest BCUT2D eigenvalue weighted by Crippen LogP contribution is 2.22. The Morgan fingerprint density at radius 2 is 1.90 bits per heavy atom. The normalized spacial score (nSPS) is 12.4. The van der Waals surface area contributed by atoms with Gasteiger partial charge in [-0.1, -0.05) is 41.9 Å². The zero-order chi connectivity index (χ0) is 14.1. The summed E-state index contributed by atoms with van der Waals surface area (Å²) in [7, 11) is 0. The lowest BCUT2D eigenvalue weighted by molar-refractivity contribution is -0.109. The maximum absolute atomic E-state index is 12.1. The van der Waals surface area contributed by atoms with Crippen molar-refractivity contribution in [3.8, 4) is 0 Å². The zero-order valence-electron chi connectivity index (χ0n) is 10.4. The van der Waals surface area contributed by atoms with Crippen LogP contribution >= 0.6 is 11.6 Å². The van der Waals surface area contributed by atoms with Crippen LogP contribution in [0, 0.1) is 0 Å². The molecule has 1 atom stereocenters. The first-order chi connectivity index (χ1) is 9.70. The Labute approximate surface area is 119 Å². The summed E-state index contributed by atoms with van der Waals surface area (Å²) >= 11 is 5.91. The van der Waals surface area contributed by atoms with Gasteiger partial charge in [-0.05, 0) is 23.8 Å². The number of hydrogen-bond donors (Lipinski definition) is 1. The number of aldehydes is 1. The molecule has 1 unspecified atom stereocenters.